The number of carbonyl (C=O) groups excluding carboxylic acids is 1. The predicted octanol–water partition coefficient (Wildman–Crippen LogP) is 2.46. The maximum absolute atomic E-state index is 11.8. The zero-order valence-electron chi connectivity index (χ0n) is 10.1. The molecule has 17 heavy (non-hydrogen) atoms. The number of carbonyl (C=O) groups is 1. The fraction of sp³-hybridized carbons (Fsp3) is 0.583. The van der Waals surface area contributed by atoms with Gasteiger partial charge in [0.1, 0.15) is 0 Å². The second-order valence-electron chi connectivity index (χ2n) is 3.82. The van der Waals surface area contributed by atoms with Gasteiger partial charge in [-0.05, 0) is 30.7 Å². The molecule has 1 heterocycles. The Hall–Kier alpha value is -0.520. The smallest absolute Gasteiger partial charge is 0.232 e. The summed E-state index contributed by atoms with van der Waals surface area (Å²) in [5.41, 5.74) is 0. The van der Waals surface area contributed by atoms with Crippen molar-refractivity contribution in [3.63, 3.8) is 0 Å². The highest BCUT2D eigenvalue weighted by atomic mass is 32.2. The monoisotopic (exact) mass is 273 g/mol. The molecule has 0 atom stereocenters. The van der Waals surface area contributed by atoms with Gasteiger partial charge in [-0.25, -0.2) is 0 Å². The van der Waals surface area contributed by atoms with Crippen LogP contribution in [0.25, 0.3) is 0 Å². The van der Waals surface area contributed by atoms with E-state index in [1.807, 2.05) is 24.6 Å². The molecule has 0 aliphatic rings. The van der Waals surface area contributed by atoms with E-state index >= 15 is 0 Å². The van der Waals surface area contributed by atoms with E-state index in [1.165, 1.54) is 4.21 Å². The number of hydrogen-bond donors (Lipinski definition) is 1. The summed E-state index contributed by atoms with van der Waals surface area (Å²) in [5, 5.41) is 10.7. The minimum Gasteiger partial charge on any atom is -0.396 e. The molecule has 0 saturated heterocycles. The van der Waals surface area contributed by atoms with Gasteiger partial charge in [-0.2, -0.15) is 0 Å². The Morgan fingerprint density at radius 2 is 2.29 bits per heavy atom. The SMILES string of the molecule is CN(CCCCCO)C(=O)CSc1cccs1. The maximum atomic E-state index is 11.8. The van der Waals surface area contributed by atoms with Gasteiger partial charge in [-0.1, -0.05) is 6.07 Å². The van der Waals surface area contributed by atoms with Crippen LogP contribution >= 0.6 is 23.1 Å². The van der Waals surface area contributed by atoms with Gasteiger partial charge in [0, 0.05) is 20.2 Å². The van der Waals surface area contributed by atoms with Gasteiger partial charge in [-0.15, -0.1) is 23.1 Å². The van der Waals surface area contributed by atoms with E-state index in [0.717, 1.165) is 25.8 Å². The fourth-order valence-corrected chi connectivity index (χ4v) is 3.08. The largest absolute Gasteiger partial charge is 0.396 e. The minimum absolute atomic E-state index is 0.174. The lowest BCUT2D eigenvalue weighted by Crippen LogP contribution is -2.29. The van der Waals surface area contributed by atoms with Crippen LogP contribution in [0.4, 0.5) is 0 Å². The number of nitrogens with zero attached hydrogens (tertiary/aromatic N) is 1. The fourth-order valence-electron chi connectivity index (χ4n) is 1.35. The van der Waals surface area contributed by atoms with E-state index in [4.69, 9.17) is 5.11 Å². The molecule has 1 aromatic heterocycles. The van der Waals surface area contributed by atoms with Crippen molar-refractivity contribution < 1.29 is 9.90 Å². The molecular formula is C12H19NO2S2. The van der Waals surface area contributed by atoms with Crippen molar-refractivity contribution in [1.29, 1.82) is 0 Å². The van der Waals surface area contributed by atoms with Crippen LogP contribution in [0, 0.1) is 0 Å². The Morgan fingerprint density at radius 3 is 2.94 bits per heavy atom. The van der Waals surface area contributed by atoms with Gasteiger partial charge in [0.25, 0.3) is 0 Å². The zero-order chi connectivity index (χ0) is 12.5. The van der Waals surface area contributed by atoms with Crippen LogP contribution in [0.3, 0.4) is 0 Å². The summed E-state index contributed by atoms with van der Waals surface area (Å²) < 4.78 is 1.19. The van der Waals surface area contributed by atoms with Crippen molar-refractivity contribution >= 4 is 29.0 Å². The van der Waals surface area contributed by atoms with E-state index in [1.54, 1.807) is 28.0 Å². The summed E-state index contributed by atoms with van der Waals surface area (Å²) in [5.74, 6) is 0.684. The maximum Gasteiger partial charge on any atom is 0.232 e. The number of aliphatic hydroxyl groups excluding tert-OH is 1. The highest BCUT2D eigenvalue weighted by Gasteiger charge is 2.08. The minimum atomic E-state index is 0.174. The second kappa shape index (κ2) is 8.55. The Balaban J connectivity index is 2.13. The van der Waals surface area contributed by atoms with Crippen molar-refractivity contribution in [1.82, 2.24) is 4.90 Å². The van der Waals surface area contributed by atoms with Gasteiger partial charge < -0.3 is 10.0 Å². The topological polar surface area (TPSA) is 40.5 Å². The van der Waals surface area contributed by atoms with Crippen LogP contribution < -0.4 is 0 Å². The number of rotatable bonds is 8. The standard InChI is InChI=1S/C12H19NO2S2/c1-13(7-3-2-4-8-14)11(15)10-17-12-6-5-9-16-12/h5-6,9,14H,2-4,7-8,10H2,1H3. The molecule has 0 radical (unpaired) electrons. The number of unbranched alkanes of at least 4 members (excludes halogenated alkanes) is 2. The molecule has 0 fully saturated rings. The van der Waals surface area contributed by atoms with Gasteiger partial charge in [0.2, 0.25) is 5.91 Å². The van der Waals surface area contributed by atoms with E-state index in [-0.39, 0.29) is 12.5 Å². The molecule has 0 unspecified atom stereocenters. The molecule has 0 aliphatic carbocycles. The molecule has 0 aromatic carbocycles. The highest BCUT2D eigenvalue weighted by Crippen LogP contribution is 2.23. The third-order valence-corrected chi connectivity index (χ3v) is 4.53. The lowest BCUT2D eigenvalue weighted by atomic mass is 10.2. The first-order chi connectivity index (χ1) is 8.24. The molecule has 0 saturated carbocycles. The van der Waals surface area contributed by atoms with E-state index < -0.39 is 0 Å². The zero-order valence-corrected chi connectivity index (χ0v) is 11.7. The molecule has 1 rings (SSSR count). The normalized spacial score (nSPS) is 10.5. The van der Waals surface area contributed by atoms with Crippen LogP contribution in [0.1, 0.15) is 19.3 Å². The molecule has 1 aromatic rings. The van der Waals surface area contributed by atoms with E-state index in [0.29, 0.717) is 5.75 Å². The van der Waals surface area contributed by atoms with Crippen molar-refractivity contribution in [3.05, 3.63) is 17.5 Å². The third kappa shape index (κ3) is 6.10. The number of amides is 1. The molecule has 96 valence electrons. The average Bonchev–Trinajstić information content (AvgIpc) is 2.84. The summed E-state index contributed by atoms with van der Waals surface area (Å²) in [6.07, 6.45) is 2.77. The number of thioether (sulfide) groups is 1. The molecule has 3 nitrogen and oxygen atoms in total. The molecule has 5 heteroatoms. The summed E-state index contributed by atoms with van der Waals surface area (Å²) in [6.45, 7) is 1.02. The van der Waals surface area contributed by atoms with Crippen LogP contribution in [-0.4, -0.2) is 41.9 Å². The summed E-state index contributed by atoms with van der Waals surface area (Å²) in [4.78, 5) is 13.5. The first kappa shape index (κ1) is 14.5. The van der Waals surface area contributed by atoms with E-state index in [2.05, 4.69) is 0 Å². The van der Waals surface area contributed by atoms with Crippen LogP contribution in [-0.2, 0) is 4.79 Å². The van der Waals surface area contributed by atoms with Crippen LogP contribution in [0.5, 0.6) is 0 Å². The van der Waals surface area contributed by atoms with Crippen molar-refractivity contribution in [2.24, 2.45) is 0 Å². The highest BCUT2D eigenvalue weighted by molar-refractivity contribution is 8.01. The van der Waals surface area contributed by atoms with Crippen LogP contribution in [0.2, 0.25) is 0 Å². The summed E-state index contributed by atoms with van der Waals surface area (Å²) in [7, 11) is 1.84. The van der Waals surface area contributed by atoms with Gasteiger partial charge >= 0.3 is 0 Å². The van der Waals surface area contributed by atoms with Gasteiger partial charge in [-0.3, -0.25) is 4.79 Å². The van der Waals surface area contributed by atoms with Crippen molar-refractivity contribution in [3.8, 4) is 0 Å². The quantitative estimate of drug-likeness (QED) is 0.584. The molecular weight excluding hydrogens is 254 g/mol. The van der Waals surface area contributed by atoms with E-state index in [9.17, 15) is 4.79 Å². The van der Waals surface area contributed by atoms with Gasteiger partial charge in [0.05, 0.1) is 9.96 Å². The number of thiophene rings is 1. The summed E-state index contributed by atoms with van der Waals surface area (Å²) >= 11 is 3.26. The Kier molecular flexibility index (Phi) is 7.32. The Labute approximate surface area is 111 Å². The second-order valence-corrected chi connectivity index (χ2v) is 6.04. The first-order valence-electron chi connectivity index (χ1n) is 5.75. The lowest BCUT2D eigenvalue weighted by molar-refractivity contribution is -0.127. The molecule has 1 amide bonds. The van der Waals surface area contributed by atoms with Crippen LogP contribution in [0.15, 0.2) is 21.7 Å². The molecule has 0 spiro atoms. The predicted molar refractivity (Wildman–Crippen MR) is 73.6 cm³/mol. The Bertz CT molecular complexity index is 314. The Morgan fingerprint density at radius 1 is 1.47 bits per heavy atom. The number of hydrogen-bond acceptors (Lipinski definition) is 4. The number of aliphatic hydroxyl groups is 1. The van der Waals surface area contributed by atoms with Gasteiger partial charge in [0.15, 0.2) is 0 Å². The molecule has 0 aliphatic heterocycles. The lowest BCUT2D eigenvalue weighted by Gasteiger charge is -2.16. The first-order valence-corrected chi connectivity index (χ1v) is 7.61. The summed E-state index contributed by atoms with van der Waals surface area (Å²) in [6, 6.07) is 4.03. The third-order valence-electron chi connectivity index (χ3n) is 2.41. The molecule has 1 N–H and O–H groups in total. The van der Waals surface area contributed by atoms with Crippen molar-refractivity contribution in [2.75, 3.05) is 26.0 Å². The average molecular weight is 273 g/mol. The molecule has 0 bridgehead atoms. The van der Waals surface area contributed by atoms with Crippen molar-refractivity contribution in [2.45, 2.75) is 23.5 Å².